The van der Waals surface area contributed by atoms with E-state index in [4.69, 9.17) is 0 Å². The van der Waals surface area contributed by atoms with Crippen molar-refractivity contribution in [2.75, 3.05) is 6.54 Å². The van der Waals surface area contributed by atoms with E-state index in [-0.39, 0.29) is 17.7 Å². The van der Waals surface area contributed by atoms with Crippen molar-refractivity contribution in [3.8, 4) is 0 Å². The average molecular weight is 306 g/mol. The third-order valence-electron chi connectivity index (χ3n) is 4.35. The standard InChI is InChI=1S/C15H18N2O3S/c1-8-7-21-11(17-8)4-5-16-14(18)12-9-2-3-10(6-9)13(12)15(19)20/h2-3,7,9-10,12-13H,4-6H2,1H3,(H,16,18)(H,19,20). The number of hydrogen-bond acceptors (Lipinski definition) is 4. The molecule has 112 valence electrons. The van der Waals surface area contributed by atoms with Gasteiger partial charge in [-0.2, -0.15) is 0 Å². The van der Waals surface area contributed by atoms with Crippen LogP contribution in [0, 0.1) is 30.6 Å². The third kappa shape index (κ3) is 2.72. The van der Waals surface area contributed by atoms with Gasteiger partial charge in [-0.25, -0.2) is 4.98 Å². The summed E-state index contributed by atoms with van der Waals surface area (Å²) in [6.45, 7) is 2.45. The lowest BCUT2D eigenvalue weighted by atomic mass is 9.82. The van der Waals surface area contributed by atoms with Crippen molar-refractivity contribution in [3.63, 3.8) is 0 Å². The Hall–Kier alpha value is -1.69. The van der Waals surface area contributed by atoms with Crippen LogP contribution in [0.25, 0.3) is 0 Å². The van der Waals surface area contributed by atoms with Crippen LogP contribution >= 0.6 is 11.3 Å². The first-order chi connectivity index (χ1) is 10.1. The molecule has 2 bridgehead atoms. The van der Waals surface area contributed by atoms with E-state index in [1.807, 2.05) is 24.5 Å². The molecule has 6 heteroatoms. The molecule has 0 radical (unpaired) electrons. The fraction of sp³-hybridized carbons (Fsp3) is 0.533. The Bertz CT molecular complexity index is 595. The largest absolute Gasteiger partial charge is 0.481 e. The predicted octanol–water partition coefficient (Wildman–Crippen LogP) is 1.63. The number of rotatable bonds is 5. The van der Waals surface area contributed by atoms with Crippen LogP contribution in [0.3, 0.4) is 0 Å². The zero-order valence-corrected chi connectivity index (χ0v) is 12.6. The monoisotopic (exact) mass is 306 g/mol. The number of nitrogens with one attached hydrogen (secondary N) is 1. The lowest BCUT2D eigenvalue weighted by Gasteiger charge is -2.23. The molecule has 21 heavy (non-hydrogen) atoms. The number of carboxylic acid groups (broad SMARTS) is 1. The molecule has 1 saturated carbocycles. The van der Waals surface area contributed by atoms with Crippen LogP contribution in [-0.4, -0.2) is 28.5 Å². The number of allylic oxidation sites excluding steroid dienone is 2. The fourth-order valence-electron chi connectivity index (χ4n) is 3.44. The summed E-state index contributed by atoms with van der Waals surface area (Å²) in [5.74, 6) is -1.88. The van der Waals surface area contributed by atoms with Crippen molar-refractivity contribution in [2.24, 2.45) is 23.7 Å². The van der Waals surface area contributed by atoms with Gasteiger partial charge in [0.1, 0.15) is 0 Å². The van der Waals surface area contributed by atoms with Gasteiger partial charge in [0.25, 0.3) is 0 Å². The van der Waals surface area contributed by atoms with Gasteiger partial charge in [-0.05, 0) is 25.2 Å². The molecule has 3 rings (SSSR count). The Morgan fingerprint density at radius 1 is 1.38 bits per heavy atom. The molecule has 1 amide bonds. The van der Waals surface area contributed by atoms with E-state index in [1.165, 1.54) is 0 Å². The van der Waals surface area contributed by atoms with Crippen molar-refractivity contribution < 1.29 is 14.7 Å². The van der Waals surface area contributed by atoms with E-state index in [0.717, 1.165) is 17.1 Å². The van der Waals surface area contributed by atoms with Crippen molar-refractivity contribution in [1.82, 2.24) is 10.3 Å². The summed E-state index contributed by atoms with van der Waals surface area (Å²) in [5, 5.41) is 15.2. The van der Waals surface area contributed by atoms with Crippen molar-refractivity contribution in [3.05, 3.63) is 28.2 Å². The van der Waals surface area contributed by atoms with Gasteiger partial charge in [0.2, 0.25) is 5.91 Å². The Morgan fingerprint density at radius 2 is 2.10 bits per heavy atom. The molecule has 4 unspecified atom stereocenters. The number of fused-ring (bicyclic) bond motifs is 2. The molecule has 0 spiro atoms. The van der Waals surface area contributed by atoms with Crippen LogP contribution in [0.4, 0.5) is 0 Å². The summed E-state index contributed by atoms with van der Waals surface area (Å²) < 4.78 is 0. The first-order valence-electron chi connectivity index (χ1n) is 7.16. The molecule has 4 atom stereocenters. The Kier molecular flexibility index (Phi) is 3.80. The molecule has 2 aliphatic carbocycles. The second-order valence-electron chi connectivity index (χ2n) is 5.76. The summed E-state index contributed by atoms with van der Waals surface area (Å²) in [6, 6.07) is 0. The van der Waals surface area contributed by atoms with E-state index >= 15 is 0 Å². The summed E-state index contributed by atoms with van der Waals surface area (Å²) >= 11 is 1.58. The van der Waals surface area contributed by atoms with Gasteiger partial charge in [-0.3, -0.25) is 9.59 Å². The molecule has 1 heterocycles. The molecule has 1 aromatic rings. The van der Waals surface area contributed by atoms with E-state index in [1.54, 1.807) is 11.3 Å². The molecule has 5 nitrogen and oxygen atoms in total. The molecule has 0 saturated heterocycles. The topological polar surface area (TPSA) is 79.3 Å². The SMILES string of the molecule is Cc1csc(CCNC(=O)C2C3C=CC(C3)C2C(=O)O)n1. The molecular formula is C15H18N2O3S. The van der Waals surface area contributed by atoms with Crippen LogP contribution in [0.1, 0.15) is 17.1 Å². The van der Waals surface area contributed by atoms with E-state index in [0.29, 0.717) is 13.0 Å². The van der Waals surface area contributed by atoms with Crippen LogP contribution in [0.5, 0.6) is 0 Å². The van der Waals surface area contributed by atoms with Crippen LogP contribution < -0.4 is 5.32 Å². The van der Waals surface area contributed by atoms with Crippen LogP contribution in [0.15, 0.2) is 17.5 Å². The lowest BCUT2D eigenvalue weighted by Crippen LogP contribution is -2.40. The van der Waals surface area contributed by atoms with Crippen LogP contribution in [0.2, 0.25) is 0 Å². The highest BCUT2D eigenvalue weighted by molar-refractivity contribution is 7.09. The van der Waals surface area contributed by atoms with Gasteiger partial charge >= 0.3 is 5.97 Å². The van der Waals surface area contributed by atoms with Gasteiger partial charge < -0.3 is 10.4 Å². The number of nitrogens with zero attached hydrogens (tertiary/aromatic N) is 1. The van der Waals surface area contributed by atoms with E-state index < -0.39 is 17.8 Å². The van der Waals surface area contributed by atoms with Gasteiger partial charge in [0, 0.05) is 24.0 Å². The molecule has 1 fully saturated rings. The molecule has 2 N–H and O–H groups in total. The number of aliphatic carboxylic acids is 1. The number of aryl methyl sites for hydroxylation is 1. The quantitative estimate of drug-likeness (QED) is 0.810. The van der Waals surface area contributed by atoms with Crippen molar-refractivity contribution in [2.45, 2.75) is 19.8 Å². The maximum atomic E-state index is 12.3. The maximum absolute atomic E-state index is 12.3. The molecular weight excluding hydrogens is 288 g/mol. The number of carbonyl (C=O) groups is 2. The number of thiazole rings is 1. The zero-order chi connectivity index (χ0) is 15.0. The number of hydrogen-bond donors (Lipinski definition) is 2. The van der Waals surface area contributed by atoms with E-state index in [9.17, 15) is 14.7 Å². The smallest absolute Gasteiger partial charge is 0.307 e. The van der Waals surface area contributed by atoms with Gasteiger partial charge in [0.15, 0.2) is 0 Å². The minimum absolute atomic E-state index is 0.0184. The molecule has 0 aliphatic heterocycles. The number of carboxylic acids is 1. The minimum Gasteiger partial charge on any atom is -0.481 e. The Morgan fingerprint density at radius 3 is 2.71 bits per heavy atom. The summed E-state index contributed by atoms with van der Waals surface area (Å²) in [7, 11) is 0. The highest BCUT2D eigenvalue weighted by atomic mass is 32.1. The summed E-state index contributed by atoms with van der Waals surface area (Å²) in [6.07, 6.45) is 5.43. The number of aromatic nitrogens is 1. The molecule has 0 aromatic carbocycles. The summed E-state index contributed by atoms with van der Waals surface area (Å²) in [5.41, 5.74) is 0.991. The van der Waals surface area contributed by atoms with Crippen molar-refractivity contribution >= 4 is 23.2 Å². The Labute approximate surface area is 127 Å². The first kappa shape index (κ1) is 14.3. The highest BCUT2D eigenvalue weighted by Crippen LogP contribution is 2.48. The highest BCUT2D eigenvalue weighted by Gasteiger charge is 2.51. The maximum Gasteiger partial charge on any atom is 0.307 e. The number of carbonyl (C=O) groups excluding carboxylic acids is 1. The summed E-state index contributed by atoms with van der Waals surface area (Å²) in [4.78, 5) is 28.1. The zero-order valence-electron chi connectivity index (χ0n) is 11.8. The average Bonchev–Trinajstić information content (AvgIpc) is 3.13. The Balaban J connectivity index is 1.57. The molecule has 1 aromatic heterocycles. The van der Waals surface area contributed by atoms with Gasteiger partial charge in [-0.1, -0.05) is 12.2 Å². The predicted molar refractivity (Wildman–Crippen MR) is 78.9 cm³/mol. The normalized spacial score (nSPS) is 29.8. The van der Waals surface area contributed by atoms with Gasteiger partial charge in [0.05, 0.1) is 16.8 Å². The number of amides is 1. The fourth-order valence-corrected chi connectivity index (χ4v) is 4.22. The van der Waals surface area contributed by atoms with Crippen molar-refractivity contribution in [1.29, 1.82) is 0 Å². The lowest BCUT2D eigenvalue weighted by molar-refractivity contribution is -0.147. The van der Waals surface area contributed by atoms with Crippen LogP contribution in [-0.2, 0) is 16.0 Å². The van der Waals surface area contributed by atoms with Gasteiger partial charge in [-0.15, -0.1) is 11.3 Å². The second kappa shape index (κ2) is 5.60. The third-order valence-corrected chi connectivity index (χ3v) is 5.38. The first-order valence-corrected chi connectivity index (χ1v) is 8.04. The second-order valence-corrected chi connectivity index (χ2v) is 6.70. The minimum atomic E-state index is -0.859. The molecule has 2 aliphatic rings. The van der Waals surface area contributed by atoms with E-state index in [2.05, 4.69) is 10.3 Å².